The largest absolute Gasteiger partial charge is 0.490 e. The number of nitrogens with two attached hydrogens (primary N) is 1. The Bertz CT molecular complexity index is 594. The molecule has 0 unspecified atom stereocenters. The summed E-state index contributed by atoms with van der Waals surface area (Å²) in [5.41, 5.74) is 5.79. The molecule has 0 saturated heterocycles. The fraction of sp³-hybridized carbons (Fsp3) is 0.250. The van der Waals surface area contributed by atoms with Gasteiger partial charge in [0.1, 0.15) is 0 Å². The molecule has 0 fully saturated rings. The molecule has 19 heavy (non-hydrogen) atoms. The average Bonchev–Trinajstić information content (AvgIpc) is 2.86. The van der Waals surface area contributed by atoms with E-state index in [1.807, 2.05) is 0 Å². The minimum Gasteiger partial charge on any atom is -0.490 e. The van der Waals surface area contributed by atoms with Gasteiger partial charge in [-0.3, -0.25) is 10.1 Å². The normalized spacial score (nSPS) is 10.4. The molecule has 2 N–H and O–H groups in total. The van der Waals surface area contributed by atoms with E-state index in [-0.39, 0.29) is 11.4 Å². The SMILES string of the molecule is COc1c(-c2cnc(CCN)o2)cccc1[N+](=O)[O-]. The topological polar surface area (TPSA) is 104 Å². The van der Waals surface area contributed by atoms with Crippen molar-refractivity contribution in [2.75, 3.05) is 13.7 Å². The Kier molecular flexibility index (Phi) is 3.76. The number of hydrogen-bond donors (Lipinski definition) is 1. The quantitative estimate of drug-likeness (QED) is 0.651. The molecule has 100 valence electrons. The summed E-state index contributed by atoms with van der Waals surface area (Å²) >= 11 is 0. The van der Waals surface area contributed by atoms with Crippen molar-refractivity contribution in [2.45, 2.75) is 6.42 Å². The molecule has 7 nitrogen and oxygen atoms in total. The summed E-state index contributed by atoms with van der Waals surface area (Å²) < 4.78 is 10.6. The molecule has 0 atom stereocenters. The van der Waals surface area contributed by atoms with Gasteiger partial charge in [0.25, 0.3) is 0 Å². The zero-order chi connectivity index (χ0) is 13.8. The molecule has 0 spiro atoms. The van der Waals surface area contributed by atoms with E-state index in [0.29, 0.717) is 30.2 Å². The molecule has 0 aliphatic rings. The van der Waals surface area contributed by atoms with Crippen molar-refractivity contribution in [3.8, 4) is 17.1 Å². The standard InChI is InChI=1S/C12H13N3O4/c1-18-12-8(3-2-4-9(12)15(16)17)10-7-14-11(19-10)5-6-13/h2-4,7H,5-6,13H2,1H3. The van der Waals surface area contributed by atoms with Crippen LogP contribution in [0.25, 0.3) is 11.3 Å². The minimum absolute atomic E-state index is 0.114. The first-order chi connectivity index (χ1) is 9.17. The Labute approximate surface area is 109 Å². The number of hydrogen-bond acceptors (Lipinski definition) is 6. The van der Waals surface area contributed by atoms with Gasteiger partial charge in [-0.2, -0.15) is 0 Å². The number of rotatable bonds is 5. The van der Waals surface area contributed by atoms with E-state index in [2.05, 4.69) is 4.98 Å². The van der Waals surface area contributed by atoms with Crippen LogP contribution < -0.4 is 10.5 Å². The first-order valence-corrected chi connectivity index (χ1v) is 5.64. The van der Waals surface area contributed by atoms with Crippen molar-refractivity contribution < 1.29 is 14.1 Å². The van der Waals surface area contributed by atoms with Gasteiger partial charge < -0.3 is 14.9 Å². The third-order valence-corrected chi connectivity index (χ3v) is 2.57. The molecule has 0 aliphatic heterocycles. The summed E-state index contributed by atoms with van der Waals surface area (Å²) in [4.78, 5) is 14.5. The monoisotopic (exact) mass is 263 g/mol. The molecular weight excluding hydrogens is 250 g/mol. The molecule has 2 rings (SSSR count). The lowest BCUT2D eigenvalue weighted by Gasteiger charge is -2.05. The van der Waals surface area contributed by atoms with Crippen molar-refractivity contribution in [2.24, 2.45) is 5.73 Å². The minimum atomic E-state index is -0.500. The molecule has 1 aromatic carbocycles. The van der Waals surface area contributed by atoms with Gasteiger partial charge in [0.15, 0.2) is 11.7 Å². The number of methoxy groups -OCH3 is 1. The van der Waals surface area contributed by atoms with Crippen LogP contribution in [0.2, 0.25) is 0 Å². The Morgan fingerprint density at radius 3 is 2.95 bits per heavy atom. The average molecular weight is 263 g/mol. The van der Waals surface area contributed by atoms with E-state index in [1.54, 1.807) is 12.1 Å². The number of oxazole rings is 1. The van der Waals surface area contributed by atoms with Crippen LogP contribution in [-0.4, -0.2) is 23.6 Å². The highest BCUT2D eigenvalue weighted by atomic mass is 16.6. The first kappa shape index (κ1) is 13.0. The number of benzene rings is 1. The second-order valence-corrected chi connectivity index (χ2v) is 3.77. The van der Waals surface area contributed by atoms with E-state index >= 15 is 0 Å². The maximum atomic E-state index is 10.9. The van der Waals surface area contributed by atoms with Crippen molar-refractivity contribution in [3.63, 3.8) is 0 Å². The third-order valence-electron chi connectivity index (χ3n) is 2.57. The predicted octanol–water partition coefficient (Wildman–Crippen LogP) is 1.76. The fourth-order valence-electron chi connectivity index (χ4n) is 1.75. The van der Waals surface area contributed by atoms with Crippen LogP contribution >= 0.6 is 0 Å². The van der Waals surface area contributed by atoms with Gasteiger partial charge in [0.05, 0.1) is 23.8 Å². The number of para-hydroxylation sites is 1. The summed E-state index contributed by atoms with van der Waals surface area (Å²) in [6.07, 6.45) is 2.02. The number of nitro benzene ring substituents is 1. The van der Waals surface area contributed by atoms with Gasteiger partial charge in [-0.15, -0.1) is 0 Å². The third kappa shape index (κ3) is 2.55. The van der Waals surface area contributed by atoms with Crippen molar-refractivity contribution in [1.82, 2.24) is 4.98 Å². The van der Waals surface area contributed by atoms with Crippen LogP contribution in [0.3, 0.4) is 0 Å². The van der Waals surface area contributed by atoms with E-state index in [0.717, 1.165) is 0 Å². The number of ether oxygens (including phenoxy) is 1. The van der Waals surface area contributed by atoms with Crippen LogP contribution in [0.5, 0.6) is 5.75 Å². The van der Waals surface area contributed by atoms with Gasteiger partial charge in [0.2, 0.25) is 5.75 Å². The van der Waals surface area contributed by atoms with Gasteiger partial charge in [-0.05, 0) is 6.07 Å². The number of aromatic nitrogens is 1. The lowest BCUT2D eigenvalue weighted by molar-refractivity contribution is -0.385. The van der Waals surface area contributed by atoms with E-state index in [9.17, 15) is 10.1 Å². The Morgan fingerprint density at radius 1 is 1.53 bits per heavy atom. The molecule has 0 aliphatic carbocycles. The van der Waals surface area contributed by atoms with Gasteiger partial charge in [-0.1, -0.05) is 6.07 Å². The van der Waals surface area contributed by atoms with Crippen LogP contribution in [0.4, 0.5) is 5.69 Å². The lowest BCUT2D eigenvalue weighted by Crippen LogP contribution is -2.02. The summed E-state index contributed by atoms with van der Waals surface area (Å²) in [6, 6.07) is 4.62. The molecule has 0 saturated carbocycles. The van der Waals surface area contributed by atoms with E-state index in [1.165, 1.54) is 19.4 Å². The fourth-order valence-corrected chi connectivity index (χ4v) is 1.75. The van der Waals surface area contributed by atoms with Crippen LogP contribution in [0, 0.1) is 10.1 Å². The molecule has 1 heterocycles. The Morgan fingerprint density at radius 2 is 2.32 bits per heavy atom. The Hall–Kier alpha value is -2.41. The summed E-state index contributed by atoms with van der Waals surface area (Å²) in [5.74, 6) is 1.07. The second kappa shape index (κ2) is 5.49. The molecule has 1 aromatic heterocycles. The number of nitro groups is 1. The highest BCUT2D eigenvalue weighted by Gasteiger charge is 2.21. The number of nitrogens with zero attached hydrogens (tertiary/aromatic N) is 2. The molecule has 2 aromatic rings. The van der Waals surface area contributed by atoms with Gasteiger partial charge in [-0.25, -0.2) is 4.98 Å². The van der Waals surface area contributed by atoms with Crippen molar-refractivity contribution in [1.29, 1.82) is 0 Å². The molecule has 0 bridgehead atoms. The molecule has 7 heteroatoms. The summed E-state index contributed by atoms with van der Waals surface area (Å²) in [5, 5.41) is 10.9. The van der Waals surface area contributed by atoms with Crippen LogP contribution in [0.15, 0.2) is 28.8 Å². The maximum absolute atomic E-state index is 10.9. The smallest absolute Gasteiger partial charge is 0.311 e. The molecule has 0 radical (unpaired) electrons. The highest BCUT2D eigenvalue weighted by Crippen LogP contribution is 2.37. The first-order valence-electron chi connectivity index (χ1n) is 5.64. The second-order valence-electron chi connectivity index (χ2n) is 3.77. The zero-order valence-corrected chi connectivity index (χ0v) is 10.3. The van der Waals surface area contributed by atoms with E-state index < -0.39 is 4.92 Å². The van der Waals surface area contributed by atoms with Gasteiger partial charge >= 0.3 is 5.69 Å². The van der Waals surface area contributed by atoms with Gasteiger partial charge in [0, 0.05) is 19.0 Å². The van der Waals surface area contributed by atoms with Crippen molar-refractivity contribution >= 4 is 5.69 Å². The highest BCUT2D eigenvalue weighted by molar-refractivity contribution is 5.71. The van der Waals surface area contributed by atoms with Crippen LogP contribution in [0.1, 0.15) is 5.89 Å². The predicted molar refractivity (Wildman–Crippen MR) is 67.9 cm³/mol. The Balaban J connectivity index is 2.48. The summed E-state index contributed by atoms with van der Waals surface area (Å²) in [6.45, 7) is 0.423. The molecular formula is C12H13N3O4. The van der Waals surface area contributed by atoms with Crippen molar-refractivity contribution in [3.05, 3.63) is 40.4 Å². The van der Waals surface area contributed by atoms with E-state index in [4.69, 9.17) is 14.9 Å². The maximum Gasteiger partial charge on any atom is 0.311 e. The molecule has 0 amide bonds. The summed E-state index contributed by atoms with van der Waals surface area (Å²) in [7, 11) is 1.38. The zero-order valence-electron chi connectivity index (χ0n) is 10.3. The lowest BCUT2D eigenvalue weighted by atomic mass is 10.1. The van der Waals surface area contributed by atoms with Crippen LogP contribution in [-0.2, 0) is 6.42 Å².